The van der Waals surface area contributed by atoms with Gasteiger partial charge in [-0.15, -0.1) is 0 Å². The van der Waals surface area contributed by atoms with Crippen molar-refractivity contribution in [1.29, 1.82) is 0 Å². The van der Waals surface area contributed by atoms with Gasteiger partial charge in [0.15, 0.2) is 16.9 Å². The van der Waals surface area contributed by atoms with Crippen molar-refractivity contribution in [2.75, 3.05) is 34.0 Å². The fourth-order valence-electron chi connectivity index (χ4n) is 4.13. The first-order valence-corrected chi connectivity index (χ1v) is 10.6. The molecule has 2 aromatic rings. The summed E-state index contributed by atoms with van der Waals surface area (Å²) in [5.41, 5.74) is 0.939. The van der Waals surface area contributed by atoms with Gasteiger partial charge in [0.25, 0.3) is 0 Å². The molecule has 8 heteroatoms. The monoisotopic (exact) mass is 445 g/mol. The van der Waals surface area contributed by atoms with E-state index >= 15 is 0 Å². The van der Waals surface area contributed by atoms with Crippen LogP contribution in [0.25, 0.3) is 11.3 Å². The number of hydrogen-bond donors (Lipinski definition) is 1. The first-order valence-electron chi connectivity index (χ1n) is 10.6. The maximum absolute atomic E-state index is 12.6. The van der Waals surface area contributed by atoms with E-state index in [1.807, 2.05) is 37.5 Å². The van der Waals surface area contributed by atoms with E-state index in [0.717, 1.165) is 17.5 Å². The minimum Gasteiger partial charge on any atom is -0.493 e. The lowest BCUT2D eigenvalue weighted by Gasteiger charge is -2.31. The zero-order chi connectivity index (χ0) is 23.5. The Balaban J connectivity index is 2.13. The third-order valence-corrected chi connectivity index (χ3v) is 5.85. The van der Waals surface area contributed by atoms with Crippen LogP contribution in [-0.4, -0.2) is 55.3 Å². The Morgan fingerprint density at radius 3 is 2.56 bits per heavy atom. The molecule has 0 unspecified atom stereocenters. The van der Waals surface area contributed by atoms with Gasteiger partial charge < -0.3 is 28.6 Å². The maximum Gasteiger partial charge on any atom is 0.341 e. The molecule has 0 bridgehead atoms. The number of aromatic carboxylic acids is 1. The Morgan fingerprint density at radius 1 is 1.22 bits per heavy atom. The number of carboxylic acids is 1. The molecule has 1 aromatic heterocycles. The van der Waals surface area contributed by atoms with E-state index in [4.69, 9.17) is 18.9 Å². The fraction of sp³-hybridized carbons (Fsp3) is 0.500. The molecule has 1 aliphatic rings. The molecule has 0 saturated carbocycles. The Hall–Kier alpha value is -2.84. The average Bonchev–Trinajstić information content (AvgIpc) is 3.09. The zero-order valence-electron chi connectivity index (χ0n) is 19.3. The summed E-state index contributed by atoms with van der Waals surface area (Å²) in [7, 11) is 3.20. The molecule has 2 heterocycles. The molecular weight excluding hydrogens is 414 g/mol. The quantitative estimate of drug-likeness (QED) is 0.588. The zero-order valence-corrected chi connectivity index (χ0v) is 19.3. The van der Waals surface area contributed by atoms with Crippen LogP contribution in [0, 0.1) is 6.92 Å². The fourth-order valence-corrected chi connectivity index (χ4v) is 4.13. The first kappa shape index (κ1) is 23.8. The Labute approximate surface area is 187 Å². The molecule has 0 radical (unpaired) electrons. The van der Waals surface area contributed by atoms with Crippen LogP contribution in [-0.2, 0) is 9.47 Å². The van der Waals surface area contributed by atoms with Gasteiger partial charge >= 0.3 is 5.97 Å². The van der Waals surface area contributed by atoms with E-state index in [9.17, 15) is 14.7 Å². The van der Waals surface area contributed by atoms with Gasteiger partial charge in [-0.2, -0.15) is 0 Å². The third kappa shape index (κ3) is 4.81. The highest BCUT2D eigenvalue weighted by Gasteiger charge is 2.38. The Morgan fingerprint density at radius 2 is 1.97 bits per heavy atom. The number of aromatic nitrogens is 1. The topological polar surface area (TPSA) is 96.2 Å². The van der Waals surface area contributed by atoms with Crippen LogP contribution in [0.15, 0.2) is 29.2 Å². The second kappa shape index (κ2) is 9.75. The van der Waals surface area contributed by atoms with Crippen molar-refractivity contribution in [3.63, 3.8) is 0 Å². The molecule has 0 spiro atoms. The predicted molar refractivity (Wildman–Crippen MR) is 120 cm³/mol. The molecule has 0 amide bonds. The summed E-state index contributed by atoms with van der Waals surface area (Å²) >= 11 is 0. The maximum atomic E-state index is 12.6. The van der Waals surface area contributed by atoms with E-state index < -0.39 is 17.0 Å². The van der Waals surface area contributed by atoms with Crippen LogP contribution in [0.2, 0.25) is 0 Å². The molecule has 0 aliphatic carbocycles. The molecule has 174 valence electrons. The van der Waals surface area contributed by atoms with Crippen molar-refractivity contribution in [1.82, 2.24) is 4.57 Å². The second-order valence-electron chi connectivity index (χ2n) is 8.42. The van der Waals surface area contributed by atoms with Crippen molar-refractivity contribution in [3.8, 4) is 22.8 Å². The van der Waals surface area contributed by atoms with Crippen LogP contribution in [0.3, 0.4) is 0 Å². The van der Waals surface area contributed by atoms with Gasteiger partial charge in [0.1, 0.15) is 5.56 Å². The lowest BCUT2D eigenvalue weighted by atomic mass is 9.95. The largest absolute Gasteiger partial charge is 0.493 e. The van der Waals surface area contributed by atoms with Gasteiger partial charge in [-0.25, -0.2) is 4.79 Å². The van der Waals surface area contributed by atoms with E-state index in [1.165, 1.54) is 12.3 Å². The second-order valence-corrected chi connectivity index (χ2v) is 8.42. The number of methoxy groups -OCH3 is 2. The molecule has 1 fully saturated rings. The summed E-state index contributed by atoms with van der Waals surface area (Å²) in [5.74, 6) is -0.113. The summed E-state index contributed by atoms with van der Waals surface area (Å²) in [4.78, 5) is 24.3. The normalized spacial score (nSPS) is 17.3. The summed E-state index contributed by atoms with van der Waals surface area (Å²) < 4.78 is 24.2. The van der Waals surface area contributed by atoms with Gasteiger partial charge in [0.05, 0.1) is 31.1 Å². The molecule has 1 aliphatic heterocycles. The third-order valence-electron chi connectivity index (χ3n) is 5.85. The van der Waals surface area contributed by atoms with Crippen molar-refractivity contribution in [3.05, 3.63) is 45.7 Å². The number of pyridine rings is 1. The number of hydrogen-bond acceptors (Lipinski definition) is 6. The van der Waals surface area contributed by atoms with Gasteiger partial charge in [-0.05, 0) is 44.9 Å². The summed E-state index contributed by atoms with van der Waals surface area (Å²) in [5, 5.41) is 9.53. The number of carboxylic acid groups (broad SMARTS) is 1. The number of carbonyl (C=O) groups is 1. The SMILES string of the molecule is COCCCOc1cc(C)c(-c2cc(=O)c(C(=O)O)cn2[C@H]2CCOC2(C)C)cc1OC. The van der Waals surface area contributed by atoms with Crippen LogP contribution < -0.4 is 14.9 Å². The van der Waals surface area contributed by atoms with Crippen LogP contribution in [0.4, 0.5) is 0 Å². The molecule has 1 saturated heterocycles. The number of rotatable bonds is 9. The molecule has 3 rings (SSSR count). The predicted octanol–water partition coefficient (Wildman–Crippen LogP) is 3.69. The molecule has 1 atom stereocenters. The van der Waals surface area contributed by atoms with E-state index in [0.29, 0.717) is 43.4 Å². The Bertz CT molecular complexity index is 1040. The van der Waals surface area contributed by atoms with Crippen molar-refractivity contribution >= 4 is 5.97 Å². The van der Waals surface area contributed by atoms with E-state index in [1.54, 1.807) is 14.2 Å². The average molecular weight is 446 g/mol. The number of benzene rings is 1. The highest BCUT2D eigenvalue weighted by Crippen LogP contribution is 2.41. The van der Waals surface area contributed by atoms with Gasteiger partial charge in [-0.1, -0.05) is 0 Å². The minimum atomic E-state index is -1.25. The lowest BCUT2D eigenvalue weighted by Crippen LogP contribution is -2.32. The molecule has 1 N–H and O–H groups in total. The van der Waals surface area contributed by atoms with Crippen LogP contribution >= 0.6 is 0 Å². The van der Waals surface area contributed by atoms with Crippen molar-refractivity contribution < 1.29 is 28.8 Å². The van der Waals surface area contributed by atoms with Gasteiger partial charge in [0, 0.05) is 44.6 Å². The van der Waals surface area contributed by atoms with Crippen LogP contribution in [0.5, 0.6) is 11.5 Å². The van der Waals surface area contributed by atoms with Crippen molar-refractivity contribution in [2.24, 2.45) is 0 Å². The van der Waals surface area contributed by atoms with Gasteiger partial charge in [0.2, 0.25) is 0 Å². The molecule has 8 nitrogen and oxygen atoms in total. The van der Waals surface area contributed by atoms with Crippen molar-refractivity contribution in [2.45, 2.75) is 45.3 Å². The van der Waals surface area contributed by atoms with Crippen LogP contribution in [0.1, 0.15) is 48.7 Å². The standard InChI is InChI=1S/C24H31NO7/c1-15-11-21(31-9-6-8-29-4)20(30-5)12-16(15)18-13-19(26)17(23(27)28)14-25(18)22-7-10-32-24(22,2)3/h11-14,22H,6-10H2,1-5H3,(H,27,28)/t22-/m0/s1. The van der Waals surface area contributed by atoms with E-state index in [2.05, 4.69) is 0 Å². The molecule has 1 aromatic carbocycles. The summed E-state index contributed by atoms with van der Waals surface area (Å²) in [6.45, 7) is 7.50. The summed E-state index contributed by atoms with van der Waals surface area (Å²) in [6.07, 6.45) is 2.88. The molecule has 32 heavy (non-hydrogen) atoms. The number of ether oxygens (including phenoxy) is 4. The first-order chi connectivity index (χ1) is 15.2. The highest BCUT2D eigenvalue weighted by molar-refractivity contribution is 5.87. The Kier molecular flexibility index (Phi) is 7.26. The minimum absolute atomic E-state index is 0.133. The van der Waals surface area contributed by atoms with E-state index in [-0.39, 0.29) is 11.6 Å². The van der Waals surface area contributed by atoms with Gasteiger partial charge in [-0.3, -0.25) is 4.79 Å². The lowest BCUT2D eigenvalue weighted by molar-refractivity contribution is 0.0144. The number of nitrogens with zero attached hydrogens (tertiary/aromatic N) is 1. The smallest absolute Gasteiger partial charge is 0.341 e. The number of aryl methyl sites for hydroxylation is 1. The molecular formula is C24H31NO7. The highest BCUT2D eigenvalue weighted by atomic mass is 16.5. The summed E-state index contributed by atoms with van der Waals surface area (Å²) in [6, 6.07) is 4.96.